The van der Waals surface area contributed by atoms with Crippen LogP contribution in [-0.4, -0.2) is 27.0 Å². The minimum Gasteiger partial charge on any atom is -0.481 e. The molecule has 94 valence electrons. The summed E-state index contributed by atoms with van der Waals surface area (Å²) in [4.78, 5) is 10.4. The molecule has 2 aromatic rings. The molecule has 5 nitrogen and oxygen atoms in total. The highest BCUT2D eigenvalue weighted by Crippen LogP contribution is 2.27. The molecule has 1 aromatic carbocycles. The smallest absolute Gasteiger partial charge is 0.313 e. The third-order valence-electron chi connectivity index (χ3n) is 1.82. The first-order chi connectivity index (χ1) is 8.63. The summed E-state index contributed by atoms with van der Waals surface area (Å²) in [6, 6.07) is 7.66. The van der Waals surface area contributed by atoms with E-state index < -0.39 is 5.97 Å². The van der Waals surface area contributed by atoms with Gasteiger partial charge >= 0.3 is 5.97 Å². The molecule has 0 radical (unpaired) electrons. The molecule has 8 heteroatoms. The maximum Gasteiger partial charge on any atom is 0.313 e. The van der Waals surface area contributed by atoms with Crippen LogP contribution in [-0.2, 0) is 4.79 Å². The number of thioether (sulfide) groups is 1. The van der Waals surface area contributed by atoms with Gasteiger partial charge in [0.05, 0.1) is 5.75 Å². The first-order valence-electron chi connectivity index (χ1n) is 4.84. The zero-order chi connectivity index (χ0) is 13.0. The minimum absolute atomic E-state index is 0.00703. The third-order valence-corrected chi connectivity index (χ3v) is 4.31. The summed E-state index contributed by atoms with van der Waals surface area (Å²) < 4.78 is 1.64. The molecule has 2 rings (SSSR count). The summed E-state index contributed by atoms with van der Waals surface area (Å²) in [5.74, 6) is -0.870. The standard InChI is InChI=1S/C10H8BrN3O2S2/c11-6-1-3-7(4-2-6)12-9-13-14-10(18-9)17-5-8(15)16/h1-4H,5H2,(H,12,13)(H,15,16). The van der Waals surface area contributed by atoms with Gasteiger partial charge in [-0.05, 0) is 24.3 Å². The fourth-order valence-electron chi connectivity index (χ4n) is 1.10. The average Bonchev–Trinajstić information content (AvgIpc) is 2.77. The number of carboxylic acid groups (broad SMARTS) is 1. The summed E-state index contributed by atoms with van der Waals surface area (Å²) in [6.45, 7) is 0. The van der Waals surface area contributed by atoms with Crippen LogP contribution in [0.15, 0.2) is 33.1 Å². The molecule has 0 saturated carbocycles. The molecule has 0 atom stereocenters. The molecular formula is C10H8BrN3O2S2. The molecule has 0 unspecified atom stereocenters. The Balaban J connectivity index is 1.97. The van der Waals surface area contributed by atoms with Crippen LogP contribution in [0.3, 0.4) is 0 Å². The van der Waals surface area contributed by atoms with Crippen molar-refractivity contribution in [2.24, 2.45) is 0 Å². The van der Waals surface area contributed by atoms with E-state index in [4.69, 9.17) is 5.11 Å². The molecule has 1 heterocycles. The Morgan fingerprint density at radius 1 is 1.39 bits per heavy atom. The highest BCUT2D eigenvalue weighted by atomic mass is 79.9. The Bertz CT molecular complexity index is 544. The van der Waals surface area contributed by atoms with Crippen molar-refractivity contribution in [1.29, 1.82) is 0 Å². The van der Waals surface area contributed by atoms with Gasteiger partial charge in [0.15, 0.2) is 4.34 Å². The summed E-state index contributed by atoms with van der Waals surface area (Å²) in [5, 5.41) is 20.1. The van der Waals surface area contributed by atoms with Crippen LogP contribution in [0.4, 0.5) is 10.8 Å². The van der Waals surface area contributed by atoms with Gasteiger partial charge in [0, 0.05) is 10.2 Å². The number of aliphatic carboxylic acids is 1. The molecule has 18 heavy (non-hydrogen) atoms. The quantitative estimate of drug-likeness (QED) is 0.810. The lowest BCUT2D eigenvalue weighted by Gasteiger charge is -2.00. The van der Waals surface area contributed by atoms with E-state index in [1.54, 1.807) is 0 Å². The molecule has 0 aliphatic rings. The number of hydrogen-bond acceptors (Lipinski definition) is 6. The number of anilines is 2. The van der Waals surface area contributed by atoms with Crippen LogP contribution in [0, 0.1) is 0 Å². The maximum absolute atomic E-state index is 10.4. The second-order valence-corrected chi connectivity index (χ2v) is 6.30. The Kier molecular flexibility index (Phi) is 4.56. The van der Waals surface area contributed by atoms with Crippen molar-refractivity contribution in [3.05, 3.63) is 28.7 Å². The minimum atomic E-state index is -0.863. The van der Waals surface area contributed by atoms with Gasteiger partial charge in [-0.25, -0.2) is 0 Å². The van der Waals surface area contributed by atoms with Crippen molar-refractivity contribution >= 4 is 55.8 Å². The average molecular weight is 346 g/mol. The molecule has 2 N–H and O–H groups in total. The van der Waals surface area contributed by atoms with Crippen LogP contribution in [0.5, 0.6) is 0 Å². The van der Waals surface area contributed by atoms with Crippen LogP contribution in [0.2, 0.25) is 0 Å². The Morgan fingerprint density at radius 3 is 2.78 bits per heavy atom. The van der Waals surface area contributed by atoms with Gasteiger partial charge in [0.25, 0.3) is 0 Å². The topological polar surface area (TPSA) is 75.1 Å². The summed E-state index contributed by atoms with van der Waals surface area (Å²) >= 11 is 5.85. The molecule has 0 amide bonds. The van der Waals surface area contributed by atoms with E-state index in [1.807, 2.05) is 24.3 Å². The van der Waals surface area contributed by atoms with Crippen molar-refractivity contribution in [2.45, 2.75) is 4.34 Å². The number of nitrogens with zero attached hydrogens (tertiary/aromatic N) is 2. The largest absolute Gasteiger partial charge is 0.481 e. The number of rotatable bonds is 5. The Hall–Kier alpha value is -1.12. The second kappa shape index (κ2) is 6.17. The van der Waals surface area contributed by atoms with Gasteiger partial charge in [-0.15, -0.1) is 10.2 Å². The molecule has 0 bridgehead atoms. The monoisotopic (exact) mass is 345 g/mol. The summed E-state index contributed by atoms with van der Waals surface area (Å²) in [7, 11) is 0. The molecular weight excluding hydrogens is 338 g/mol. The van der Waals surface area contributed by atoms with E-state index in [1.165, 1.54) is 11.3 Å². The van der Waals surface area contributed by atoms with Gasteiger partial charge in [-0.3, -0.25) is 4.79 Å². The first kappa shape index (κ1) is 13.3. The van der Waals surface area contributed by atoms with Crippen molar-refractivity contribution in [3.8, 4) is 0 Å². The fourth-order valence-corrected chi connectivity index (χ4v) is 2.86. The molecule has 0 aliphatic heterocycles. The van der Waals surface area contributed by atoms with Crippen LogP contribution in [0.25, 0.3) is 0 Å². The van der Waals surface area contributed by atoms with Gasteiger partial charge < -0.3 is 10.4 Å². The van der Waals surface area contributed by atoms with E-state index >= 15 is 0 Å². The normalized spacial score (nSPS) is 10.3. The number of nitrogens with one attached hydrogen (secondary N) is 1. The number of hydrogen-bond donors (Lipinski definition) is 2. The van der Waals surface area contributed by atoms with Crippen LogP contribution in [0.1, 0.15) is 0 Å². The summed E-state index contributed by atoms with van der Waals surface area (Å²) in [5.41, 5.74) is 0.907. The fraction of sp³-hybridized carbons (Fsp3) is 0.100. The molecule has 1 aromatic heterocycles. The second-order valence-electron chi connectivity index (χ2n) is 3.19. The number of carbonyl (C=O) groups is 1. The Morgan fingerprint density at radius 2 is 2.11 bits per heavy atom. The summed E-state index contributed by atoms with van der Waals surface area (Å²) in [6.07, 6.45) is 0. The lowest BCUT2D eigenvalue weighted by molar-refractivity contribution is -0.133. The number of benzene rings is 1. The molecule has 0 aliphatic carbocycles. The third kappa shape index (κ3) is 3.97. The van der Waals surface area contributed by atoms with Crippen molar-refractivity contribution in [3.63, 3.8) is 0 Å². The lowest BCUT2D eigenvalue weighted by atomic mass is 10.3. The van der Waals surface area contributed by atoms with E-state index in [2.05, 4.69) is 31.4 Å². The van der Waals surface area contributed by atoms with Gasteiger partial charge in [0.2, 0.25) is 5.13 Å². The SMILES string of the molecule is O=C(O)CSc1nnc(Nc2ccc(Br)cc2)s1. The van der Waals surface area contributed by atoms with Crippen molar-refractivity contribution in [1.82, 2.24) is 10.2 Å². The number of halogens is 1. The molecule has 0 fully saturated rings. The van der Waals surface area contributed by atoms with Crippen LogP contribution < -0.4 is 5.32 Å². The highest BCUT2D eigenvalue weighted by Gasteiger charge is 2.07. The Labute approximate surface area is 120 Å². The van der Waals surface area contributed by atoms with Gasteiger partial charge in [-0.1, -0.05) is 39.0 Å². The van der Waals surface area contributed by atoms with Crippen LogP contribution >= 0.6 is 39.0 Å². The van der Waals surface area contributed by atoms with Crippen molar-refractivity contribution < 1.29 is 9.90 Å². The zero-order valence-corrected chi connectivity index (χ0v) is 12.2. The highest BCUT2D eigenvalue weighted by molar-refractivity contribution is 9.10. The predicted octanol–water partition coefficient (Wildman–Crippen LogP) is 3.22. The molecule has 0 saturated heterocycles. The predicted molar refractivity (Wildman–Crippen MR) is 75.7 cm³/mol. The first-order valence-corrected chi connectivity index (χ1v) is 7.43. The maximum atomic E-state index is 10.4. The van der Waals surface area contributed by atoms with Gasteiger partial charge in [-0.2, -0.15) is 0 Å². The van der Waals surface area contributed by atoms with E-state index in [-0.39, 0.29) is 5.75 Å². The van der Waals surface area contributed by atoms with E-state index in [9.17, 15) is 4.79 Å². The zero-order valence-electron chi connectivity index (χ0n) is 8.96. The van der Waals surface area contributed by atoms with Gasteiger partial charge in [0.1, 0.15) is 0 Å². The number of carboxylic acids is 1. The number of aromatic nitrogens is 2. The van der Waals surface area contributed by atoms with Crippen molar-refractivity contribution in [2.75, 3.05) is 11.1 Å². The lowest BCUT2D eigenvalue weighted by Crippen LogP contribution is -1.96. The molecule has 0 spiro atoms. The van der Waals surface area contributed by atoms with E-state index in [0.29, 0.717) is 9.47 Å². The van der Waals surface area contributed by atoms with E-state index in [0.717, 1.165) is 21.9 Å².